The fraction of sp³-hybridized carbons (Fsp3) is 0.158. The minimum absolute atomic E-state index is 0.249. The lowest BCUT2D eigenvalue weighted by Crippen LogP contribution is -2.07. The van der Waals surface area contributed by atoms with E-state index in [-0.39, 0.29) is 5.91 Å². The van der Waals surface area contributed by atoms with Gasteiger partial charge in [-0.3, -0.25) is 9.89 Å². The molecule has 0 aliphatic heterocycles. The Balaban J connectivity index is 1.41. The number of amides is 1. The molecule has 8 nitrogen and oxygen atoms in total. The van der Waals surface area contributed by atoms with Gasteiger partial charge in [0.05, 0.1) is 0 Å². The average Bonchev–Trinajstić information content (AvgIpc) is 3.43. The summed E-state index contributed by atoms with van der Waals surface area (Å²) in [5.74, 6) is 2.22. The number of nitrogens with one attached hydrogen (secondary N) is 4. The molecule has 0 atom stereocenters. The molecule has 0 saturated heterocycles. The van der Waals surface area contributed by atoms with Crippen LogP contribution in [0.15, 0.2) is 55.3 Å². The van der Waals surface area contributed by atoms with E-state index in [9.17, 15) is 4.79 Å². The quantitative estimate of drug-likeness (QED) is 0.478. The second kappa shape index (κ2) is 7.28. The van der Waals surface area contributed by atoms with Crippen molar-refractivity contribution < 1.29 is 4.79 Å². The number of H-pyrrole nitrogens is 1. The van der Waals surface area contributed by atoms with Crippen LogP contribution in [-0.2, 0) is 4.79 Å². The molecule has 3 aromatic rings. The molecule has 0 unspecified atom stereocenters. The average molecular weight is 361 g/mol. The largest absolute Gasteiger partial charge is 0.324 e. The zero-order valence-electron chi connectivity index (χ0n) is 14.6. The molecule has 27 heavy (non-hydrogen) atoms. The second-order valence-corrected chi connectivity index (χ2v) is 6.27. The van der Waals surface area contributed by atoms with Crippen LogP contribution in [0.25, 0.3) is 0 Å². The smallest absolute Gasteiger partial charge is 0.247 e. The first-order valence-electron chi connectivity index (χ1n) is 8.65. The molecule has 0 bridgehead atoms. The lowest BCUT2D eigenvalue weighted by atomic mass is 10.3. The Bertz CT molecular complexity index is 960. The van der Waals surface area contributed by atoms with Gasteiger partial charge in [-0.15, -0.1) is 0 Å². The molecule has 1 fully saturated rings. The van der Waals surface area contributed by atoms with Gasteiger partial charge in [-0.05, 0) is 49.2 Å². The van der Waals surface area contributed by atoms with Crippen LogP contribution in [0, 0.1) is 0 Å². The topological polar surface area (TPSA) is 108 Å². The van der Waals surface area contributed by atoms with E-state index in [1.165, 1.54) is 18.9 Å². The van der Waals surface area contributed by atoms with Crippen LogP contribution >= 0.6 is 0 Å². The molecule has 0 spiro atoms. The fourth-order valence-electron chi connectivity index (χ4n) is 2.58. The summed E-state index contributed by atoms with van der Waals surface area (Å²) in [6.45, 7) is 3.43. The second-order valence-electron chi connectivity index (χ2n) is 6.27. The minimum Gasteiger partial charge on any atom is -0.324 e. The summed E-state index contributed by atoms with van der Waals surface area (Å²) in [4.78, 5) is 20.0. The molecule has 2 heterocycles. The number of aromatic amines is 1. The Morgan fingerprint density at radius 1 is 1.11 bits per heavy atom. The van der Waals surface area contributed by atoms with E-state index >= 15 is 0 Å². The van der Waals surface area contributed by atoms with Gasteiger partial charge in [0.2, 0.25) is 11.9 Å². The molecule has 0 radical (unpaired) electrons. The van der Waals surface area contributed by atoms with Crippen molar-refractivity contribution in [1.82, 2.24) is 20.2 Å². The third-order valence-electron chi connectivity index (χ3n) is 4.12. The summed E-state index contributed by atoms with van der Waals surface area (Å²) < 4.78 is 0. The molecule has 1 amide bonds. The maximum Gasteiger partial charge on any atom is 0.247 e. The van der Waals surface area contributed by atoms with E-state index in [1.807, 2.05) is 18.2 Å². The van der Waals surface area contributed by atoms with Crippen molar-refractivity contribution in [1.29, 1.82) is 0 Å². The number of hydrogen-bond acceptors (Lipinski definition) is 6. The third-order valence-corrected chi connectivity index (χ3v) is 4.12. The van der Waals surface area contributed by atoms with Gasteiger partial charge in [-0.1, -0.05) is 6.58 Å². The lowest BCUT2D eigenvalue weighted by molar-refractivity contribution is -0.111. The Kier molecular flexibility index (Phi) is 4.52. The van der Waals surface area contributed by atoms with Crippen LogP contribution in [0.1, 0.15) is 24.5 Å². The molecule has 136 valence electrons. The first kappa shape index (κ1) is 16.8. The van der Waals surface area contributed by atoms with E-state index in [2.05, 4.69) is 42.7 Å². The normalized spacial score (nSPS) is 13.0. The number of anilines is 5. The maximum absolute atomic E-state index is 11.3. The van der Waals surface area contributed by atoms with Crippen LogP contribution in [0.2, 0.25) is 0 Å². The van der Waals surface area contributed by atoms with Crippen molar-refractivity contribution in [3.63, 3.8) is 0 Å². The fourth-order valence-corrected chi connectivity index (χ4v) is 2.58. The summed E-state index contributed by atoms with van der Waals surface area (Å²) >= 11 is 0. The summed E-state index contributed by atoms with van der Waals surface area (Å²) in [6.07, 6.45) is 5.34. The molecule has 4 rings (SSSR count). The van der Waals surface area contributed by atoms with Gasteiger partial charge in [0.25, 0.3) is 0 Å². The number of aromatic nitrogens is 4. The zero-order valence-corrected chi connectivity index (χ0v) is 14.6. The van der Waals surface area contributed by atoms with Crippen molar-refractivity contribution in [2.75, 3.05) is 16.0 Å². The van der Waals surface area contributed by atoms with E-state index in [4.69, 9.17) is 0 Å². The molecule has 4 N–H and O–H groups in total. The summed E-state index contributed by atoms with van der Waals surface area (Å²) in [7, 11) is 0. The number of hydrogen-bond donors (Lipinski definition) is 4. The molecule has 1 aromatic carbocycles. The number of benzene rings is 1. The Morgan fingerprint density at radius 3 is 2.63 bits per heavy atom. The van der Waals surface area contributed by atoms with E-state index in [1.54, 1.807) is 24.4 Å². The van der Waals surface area contributed by atoms with Gasteiger partial charge in [0.15, 0.2) is 5.82 Å². The molecule has 1 aliphatic carbocycles. The lowest BCUT2D eigenvalue weighted by Gasteiger charge is -2.08. The van der Waals surface area contributed by atoms with Gasteiger partial charge in [-0.2, -0.15) is 10.1 Å². The molecule has 2 aromatic heterocycles. The highest BCUT2D eigenvalue weighted by molar-refractivity contribution is 5.98. The molecular formula is C19H19N7O. The minimum atomic E-state index is -0.249. The van der Waals surface area contributed by atoms with Gasteiger partial charge in [0.1, 0.15) is 5.82 Å². The number of carbonyl (C=O) groups is 1. The number of nitrogens with zero attached hydrogens (tertiary/aromatic N) is 3. The van der Waals surface area contributed by atoms with Crippen molar-refractivity contribution in [3.05, 3.63) is 60.9 Å². The van der Waals surface area contributed by atoms with Crippen molar-refractivity contribution in [2.24, 2.45) is 0 Å². The van der Waals surface area contributed by atoms with Gasteiger partial charge >= 0.3 is 0 Å². The highest BCUT2D eigenvalue weighted by Crippen LogP contribution is 2.39. The zero-order chi connectivity index (χ0) is 18.6. The highest BCUT2D eigenvalue weighted by atomic mass is 16.1. The molecule has 1 saturated carbocycles. The predicted octanol–water partition coefficient (Wildman–Crippen LogP) is 3.69. The van der Waals surface area contributed by atoms with E-state index in [0.717, 1.165) is 17.2 Å². The van der Waals surface area contributed by atoms with Crippen molar-refractivity contribution >= 4 is 34.9 Å². The highest BCUT2D eigenvalue weighted by Gasteiger charge is 2.25. The van der Waals surface area contributed by atoms with Crippen LogP contribution in [-0.4, -0.2) is 26.1 Å². The van der Waals surface area contributed by atoms with Crippen LogP contribution in [0.5, 0.6) is 0 Å². The summed E-state index contributed by atoms with van der Waals surface area (Å²) in [5.41, 5.74) is 2.65. The van der Waals surface area contributed by atoms with Crippen molar-refractivity contribution in [2.45, 2.75) is 18.8 Å². The van der Waals surface area contributed by atoms with Crippen LogP contribution < -0.4 is 16.0 Å². The summed E-state index contributed by atoms with van der Waals surface area (Å²) in [6, 6.07) is 11.0. The van der Waals surface area contributed by atoms with Crippen LogP contribution in [0.4, 0.5) is 29.0 Å². The predicted molar refractivity (Wildman–Crippen MR) is 104 cm³/mol. The molecular weight excluding hydrogens is 342 g/mol. The van der Waals surface area contributed by atoms with Gasteiger partial charge in [0, 0.05) is 35.2 Å². The molecule has 8 heteroatoms. The Hall–Kier alpha value is -3.68. The van der Waals surface area contributed by atoms with Crippen molar-refractivity contribution in [3.8, 4) is 0 Å². The summed E-state index contributed by atoms with van der Waals surface area (Å²) in [5, 5.41) is 16.3. The monoisotopic (exact) mass is 361 g/mol. The number of rotatable bonds is 7. The van der Waals surface area contributed by atoms with Gasteiger partial charge in [-0.25, -0.2) is 4.98 Å². The van der Waals surface area contributed by atoms with Crippen LogP contribution in [0.3, 0.4) is 0 Å². The Labute approximate surface area is 156 Å². The maximum atomic E-state index is 11.3. The van der Waals surface area contributed by atoms with Gasteiger partial charge < -0.3 is 16.0 Å². The first-order valence-corrected chi connectivity index (χ1v) is 8.65. The van der Waals surface area contributed by atoms with E-state index in [0.29, 0.717) is 23.4 Å². The van der Waals surface area contributed by atoms with E-state index < -0.39 is 0 Å². The SMILES string of the molecule is C=CC(=O)Nc1ccc(Nc2nccc(Nc3cc(C4CC4)[nH]n3)n2)cc1. The Morgan fingerprint density at radius 2 is 1.89 bits per heavy atom. The third kappa shape index (κ3) is 4.30. The number of carbonyl (C=O) groups excluding carboxylic acids is 1. The first-order chi connectivity index (χ1) is 13.2. The standard InChI is InChI=1S/C19H19N7O/c1-2-18(27)21-13-5-7-14(8-6-13)22-19-20-10-9-16(24-19)23-17-11-15(25-26-17)12-3-4-12/h2,5-12H,1,3-4H2,(H,21,27)(H3,20,22,23,24,25,26). The molecule has 1 aliphatic rings.